The van der Waals surface area contributed by atoms with E-state index in [1.54, 1.807) is 17.4 Å². The predicted octanol–water partition coefficient (Wildman–Crippen LogP) is 2.38. The highest BCUT2D eigenvalue weighted by molar-refractivity contribution is 6.03. The lowest BCUT2D eigenvalue weighted by atomic mass is 10.1. The Bertz CT molecular complexity index is 539. The number of para-hydroxylation sites is 1. The summed E-state index contributed by atoms with van der Waals surface area (Å²) in [5.74, 6) is -2.47. The highest BCUT2D eigenvalue weighted by Crippen LogP contribution is 2.18. The summed E-state index contributed by atoms with van der Waals surface area (Å²) in [5.41, 5.74) is 0.946. The van der Waals surface area contributed by atoms with E-state index in [1.165, 1.54) is 19.1 Å². The summed E-state index contributed by atoms with van der Waals surface area (Å²) >= 11 is 0. The molecule has 0 aromatic heterocycles. The van der Waals surface area contributed by atoms with Crippen LogP contribution in [0.5, 0.6) is 0 Å². The quantitative estimate of drug-likeness (QED) is 0.835. The molecule has 2 amide bonds. The van der Waals surface area contributed by atoms with Gasteiger partial charge in [0.2, 0.25) is 0 Å². The van der Waals surface area contributed by atoms with E-state index in [-0.39, 0.29) is 12.1 Å². The molecule has 0 saturated carbocycles. The largest absolute Gasteiger partial charge is 0.471 e. The van der Waals surface area contributed by atoms with E-state index >= 15 is 0 Å². The van der Waals surface area contributed by atoms with Gasteiger partial charge in [-0.2, -0.15) is 13.2 Å². The SMILES string of the molecule is C=C(C)C(=O)Nc1ccccc1CNC(=O)C(F)(F)F. The number of alkyl halides is 3. The van der Waals surface area contributed by atoms with Crippen molar-refractivity contribution in [2.24, 2.45) is 0 Å². The number of anilines is 1. The molecule has 2 N–H and O–H groups in total. The molecule has 20 heavy (non-hydrogen) atoms. The second kappa shape index (κ2) is 6.23. The monoisotopic (exact) mass is 286 g/mol. The molecule has 7 heteroatoms. The molecule has 0 aliphatic rings. The smallest absolute Gasteiger partial charge is 0.344 e. The van der Waals surface area contributed by atoms with Gasteiger partial charge in [-0.25, -0.2) is 0 Å². The third kappa shape index (κ3) is 4.42. The maximum atomic E-state index is 12.1. The number of carbonyl (C=O) groups excluding carboxylic acids is 2. The number of carbonyl (C=O) groups is 2. The molecule has 1 rings (SSSR count). The zero-order valence-corrected chi connectivity index (χ0v) is 10.7. The number of nitrogens with one attached hydrogen (secondary N) is 2. The van der Waals surface area contributed by atoms with Gasteiger partial charge in [-0.15, -0.1) is 0 Å². The van der Waals surface area contributed by atoms with Gasteiger partial charge < -0.3 is 10.6 Å². The van der Waals surface area contributed by atoms with Gasteiger partial charge in [0, 0.05) is 17.8 Å². The van der Waals surface area contributed by atoms with E-state index in [0.717, 1.165) is 0 Å². The van der Waals surface area contributed by atoms with E-state index in [1.807, 2.05) is 0 Å². The molecule has 0 spiro atoms. The molecule has 0 aliphatic carbocycles. The van der Waals surface area contributed by atoms with Crippen molar-refractivity contribution in [3.8, 4) is 0 Å². The Morgan fingerprint density at radius 3 is 2.40 bits per heavy atom. The Morgan fingerprint density at radius 1 is 1.25 bits per heavy atom. The molecular formula is C13H13F3N2O2. The first-order valence-electron chi connectivity index (χ1n) is 5.61. The summed E-state index contributed by atoms with van der Waals surface area (Å²) in [4.78, 5) is 22.2. The molecule has 1 aromatic rings. The van der Waals surface area contributed by atoms with Crippen LogP contribution in [0.2, 0.25) is 0 Å². The van der Waals surface area contributed by atoms with E-state index in [4.69, 9.17) is 0 Å². The van der Waals surface area contributed by atoms with Gasteiger partial charge in [-0.1, -0.05) is 24.8 Å². The Morgan fingerprint density at radius 2 is 1.85 bits per heavy atom. The number of rotatable bonds is 4. The fourth-order valence-electron chi connectivity index (χ4n) is 1.30. The van der Waals surface area contributed by atoms with Crippen molar-refractivity contribution >= 4 is 17.5 Å². The molecule has 0 atom stereocenters. The average Bonchev–Trinajstić information content (AvgIpc) is 2.36. The van der Waals surface area contributed by atoms with Gasteiger partial charge in [0.05, 0.1) is 0 Å². The normalized spacial score (nSPS) is 10.8. The van der Waals surface area contributed by atoms with Crippen LogP contribution in [0.3, 0.4) is 0 Å². The topological polar surface area (TPSA) is 58.2 Å². The van der Waals surface area contributed by atoms with Crippen LogP contribution in [0.4, 0.5) is 18.9 Å². The zero-order chi connectivity index (χ0) is 15.3. The Labute approximate surface area is 113 Å². The lowest BCUT2D eigenvalue weighted by Crippen LogP contribution is -2.36. The van der Waals surface area contributed by atoms with Gasteiger partial charge in [-0.05, 0) is 18.6 Å². The van der Waals surface area contributed by atoms with Crippen molar-refractivity contribution in [1.82, 2.24) is 5.32 Å². The molecular weight excluding hydrogens is 273 g/mol. The summed E-state index contributed by atoms with van der Waals surface area (Å²) in [6.45, 7) is 4.62. The molecule has 0 bridgehead atoms. The van der Waals surface area contributed by atoms with Crippen molar-refractivity contribution < 1.29 is 22.8 Å². The lowest BCUT2D eigenvalue weighted by molar-refractivity contribution is -0.173. The Kier molecular flexibility index (Phi) is 4.90. The molecule has 108 valence electrons. The van der Waals surface area contributed by atoms with Gasteiger partial charge in [0.25, 0.3) is 5.91 Å². The molecule has 0 aliphatic heterocycles. The summed E-state index contributed by atoms with van der Waals surface area (Å²) in [7, 11) is 0. The minimum atomic E-state index is -4.93. The van der Waals surface area contributed by atoms with Gasteiger partial charge in [0.1, 0.15) is 0 Å². The van der Waals surface area contributed by atoms with E-state index in [9.17, 15) is 22.8 Å². The van der Waals surface area contributed by atoms with Gasteiger partial charge in [0.15, 0.2) is 0 Å². The number of halogens is 3. The van der Waals surface area contributed by atoms with Crippen LogP contribution in [-0.4, -0.2) is 18.0 Å². The number of amides is 2. The van der Waals surface area contributed by atoms with Crippen LogP contribution in [0.25, 0.3) is 0 Å². The molecule has 0 heterocycles. The third-order valence-electron chi connectivity index (χ3n) is 2.35. The van der Waals surface area contributed by atoms with Crippen molar-refractivity contribution in [3.63, 3.8) is 0 Å². The second-order valence-corrected chi connectivity index (χ2v) is 4.07. The fourth-order valence-corrected chi connectivity index (χ4v) is 1.30. The highest BCUT2D eigenvalue weighted by Gasteiger charge is 2.38. The minimum absolute atomic E-state index is 0.263. The summed E-state index contributed by atoms with van der Waals surface area (Å²) in [5, 5.41) is 4.25. The van der Waals surface area contributed by atoms with Crippen LogP contribution in [0.1, 0.15) is 12.5 Å². The Balaban J connectivity index is 2.79. The minimum Gasteiger partial charge on any atom is -0.344 e. The second-order valence-electron chi connectivity index (χ2n) is 4.07. The van der Waals surface area contributed by atoms with Crippen molar-refractivity contribution in [1.29, 1.82) is 0 Å². The molecule has 0 unspecified atom stereocenters. The first-order valence-corrected chi connectivity index (χ1v) is 5.61. The van der Waals surface area contributed by atoms with Crippen LogP contribution >= 0.6 is 0 Å². The summed E-state index contributed by atoms with van der Waals surface area (Å²) in [6.07, 6.45) is -4.93. The molecule has 4 nitrogen and oxygen atoms in total. The van der Waals surface area contributed by atoms with E-state index in [0.29, 0.717) is 11.3 Å². The molecule has 1 aromatic carbocycles. The fraction of sp³-hybridized carbons (Fsp3) is 0.231. The molecule has 0 saturated heterocycles. The van der Waals surface area contributed by atoms with Crippen molar-refractivity contribution in [2.75, 3.05) is 5.32 Å². The number of hydrogen-bond donors (Lipinski definition) is 2. The van der Waals surface area contributed by atoms with Crippen molar-refractivity contribution in [3.05, 3.63) is 42.0 Å². The first-order chi connectivity index (χ1) is 9.21. The molecule has 0 fully saturated rings. The van der Waals surface area contributed by atoms with E-state index in [2.05, 4.69) is 11.9 Å². The molecule has 0 radical (unpaired) electrons. The van der Waals surface area contributed by atoms with Gasteiger partial charge in [-0.3, -0.25) is 9.59 Å². The van der Waals surface area contributed by atoms with Crippen LogP contribution in [0.15, 0.2) is 36.4 Å². The summed E-state index contributed by atoms with van der Waals surface area (Å²) in [6, 6.07) is 6.23. The third-order valence-corrected chi connectivity index (χ3v) is 2.35. The van der Waals surface area contributed by atoms with Crippen molar-refractivity contribution in [2.45, 2.75) is 19.6 Å². The van der Waals surface area contributed by atoms with Crippen LogP contribution in [-0.2, 0) is 16.1 Å². The van der Waals surface area contributed by atoms with Crippen LogP contribution < -0.4 is 10.6 Å². The Hall–Kier alpha value is -2.31. The predicted molar refractivity (Wildman–Crippen MR) is 67.8 cm³/mol. The highest BCUT2D eigenvalue weighted by atomic mass is 19.4. The number of hydrogen-bond acceptors (Lipinski definition) is 2. The maximum Gasteiger partial charge on any atom is 0.471 e. The standard InChI is InChI=1S/C13H13F3N2O2/c1-8(2)11(19)18-10-6-4-3-5-9(10)7-17-12(20)13(14,15)16/h3-6H,1,7H2,2H3,(H,17,20)(H,18,19). The maximum absolute atomic E-state index is 12.1. The number of benzene rings is 1. The first kappa shape index (κ1) is 15.7. The lowest BCUT2D eigenvalue weighted by Gasteiger charge is -2.12. The summed E-state index contributed by atoms with van der Waals surface area (Å²) < 4.78 is 36.2. The van der Waals surface area contributed by atoms with E-state index < -0.39 is 18.0 Å². The zero-order valence-electron chi connectivity index (χ0n) is 10.7. The van der Waals surface area contributed by atoms with Crippen LogP contribution in [0, 0.1) is 0 Å². The average molecular weight is 286 g/mol. The van der Waals surface area contributed by atoms with Gasteiger partial charge >= 0.3 is 12.1 Å².